The molecule has 0 aliphatic carbocycles. The van der Waals surface area contributed by atoms with Crippen LogP contribution in [-0.4, -0.2) is 72.5 Å². The first kappa shape index (κ1) is 25.1. The monoisotopic (exact) mass is 446 g/mol. The van der Waals surface area contributed by atoms with Crippen molar-refractivity contribution in [1.82, 2.24) is 10.2 Å². The van der Waals surface area contributed by atoms with Crippen molar-refractivity contribution in [1.29, 1.82) is 0 Å². The fourth-order valence-corrected chi connectivity index (χ4v) is 3.15. The summed E-state index contributed by atoms with van der Waals surface area (Å²) in [7, 11) is 8.47. The Labute approximate surface area is 190 Å². The predicted octanol–water partition coefficient (Wildman–Crippen LogP) is 2.78. The minimum atomic E-state index is -0.159. The van der Waals surface area contributed by atoms with Gasteiger partial charge in [-0.1, -0.05) is 6.07 Å². The largest absolute Gasteiger partial charge is 0.493 e. The molecule has 0 saturated carbocycles. The summed E-state index contributed by atoms with van der Waals surface area (Å²) in [6.07, 6.45) is 1.76. The Kier molecular flexibility index (Phi) is 10.5. The van der Waals surface area contributed by atoms with E-state index in [1.807, 2.05) is 18.2 Å². The second-order valence-electron chi connectivity index (χ2n) is 7.25. The first-order valence-corrected chi connectivity index (χ1v) is 10.5. The summed E-state index contributed by atoms with van der Waals surface area (Å²) in [5, 5.41) is 2.88. The Bertz CT molecular complexity index is 858. The number of likely N-dealkylation sites (N-methyl/N-ethyl adjacent to an activating group) is 1. The molecule has 0 aliphatic heterocycles. The molecule has 0 fully saturated rings. The fourth-order valence-electron chi connectivity index (χ4n) is 3.15. The van der Waals surface area contributed by atoms with Crippen molar-refractivity contribution in [2.45, 2.75) is 12.8 Å². The molecule has 0 unspecified atom stereocenters. The Balaban J connectivity index is 1.64. The van der Waals surface area contributed by atoms with E-state index in [-0.39, 0.29) is 12.5 Å². The van der Waals surface area contributed by atoms with Crippen molar-refractivity contribution in [2.75, 3.05) is 61.7 Å². The van der Waals surface area contributed by atoms with E-state index >= 15 is 0 Å². The smallest absolute Gasteiger partial charge is 0.257 e. The molecule has 8 nitrogen and oxygen atoms in total. The molecule has 2 aromatic carbocycles. The van der Waals surface area contributed by atoms with E-state index in [0.717, 1.165) is 37.4 Å². The van der Waals surface area contributed by atoms with Gasteiger partial charge in [0.1, 0.15) is 5.75 Å². The summed E-state index contributed by atoms with van der Waals surface area (Å²) < 4.78 is 26.6. The summed E-state index contributed by atoms with van der Waals surface area (Å²) in [5.41, 5.74) is 1.19. The molecule has 176 valence electrons. The lowest BCUT2D eigenvalue weighted by Crippen LogP contribution is -2.32. The summed E-state index contributed by atoms with van der Waals surface area (Å²) in [6.45, 7) is 2.33. The summed E-state index contributed by atoms with van der Waals surface area (Å²) in [6, 6.07) is 11.2. The van der Waals surface area contributed by atoms with E-state index in [1.165, 1.54) is 5.56 Å². The van der Waals surface area contributed by atoms with Gasteiger partial charge in [0.25, 0.3) is 5.91 Å². The maximum Gasteiger partial charge on any atom is 0.257 e. The maximum absolute atomic E-state index is 12.0. The highest BCUT2D eigenvalue weighted by Crippen LogP contribution is 2.31. The molecule has 2 rings (SSSR count). The van der Waals surface area contributed by atoms with Crippen molar-refractivity contribution >= 4 is 5.91 Å². The quantitative estimate of drug-likeness (QED) is 0.447. The molecule has 0 aromatic heterocycles. The van der Waals surface area contributed by atoms with Gasteiger partial charge < -0.3 is 33.9 Å². The van der Waals surface area contributed by atoms with E-state index in [0.29, 0.717) is 23.8 Å². The number of amides is 1. The van der Waals surface area contributed by atoms with Gasteiger partial charge in [-0.15, -0.1) is 0 Å². The van der Waals surface area contributed by atoms with Crippen LogP contribution in [0.25, 0.3) is 0 Å². The van der Waals surface area contributed by atoms with Gasteiger partial charge in [-0.25, -0.2) is 0 Å². The van der Waals surface area contributed by atoms with Crippen LogP contribution < -0.4 is 29.0 Å². The minimum Gasteiger partial charge on any atom is -0.493 e. The Morgan fingerprint density at radius 2 is 1.47 bits per heavy atom. The van der Waals surface area contributed by atoms with Crippen LogP contribution in [0, 0.1) is 0 Å². The highest BCUT2D eigenvalue weighted by molar-refractivity contribution is 5.77. The number of methoxy groups -OCH3 is 4. The summed E-state index contributed by atoms with van der Waals surface area (Å²) >= 11 is 0. The molecular weight excluding hydrogens is 412 g/mol. The third-order valence-electron chi connectivity index (χ3n) is 4.99. The number of hydrogen-bond acceptors (Lipinski definition) is 7. The number of rotatable bonds is 14. The third-order valence-corrected chi connectivity index (χ3v) is 4.99. The Morgan fingerprint density at radius 1 is 0.844 bits per heavy atom. The number of nitrogens with zero attached hydrogens (tertiary/aromatic N) is 1. The molecule has 2 aromatic rings. The van der Waals surface area contributed by atoms with E-state index in [2.05, 4.69) is 17.3 Å². The lowest BCUT2D eigenvalue weighted by molar-refractivity contribution is -0.123. The van der Waals surface area contributed by atoms with Crippen molar-refractivity contribution in [3.8, 4) is 28.7 Å². The molecule has 8 heteroatoms. The molecule has 0 aliphatic rings. The third kappa shape index (κ3) is 7.85. The van der Waals surface area contributed by atoms with Crippen LogP contribution in [0.3, 0.4) is 0 Å². The highest BCUT2D eigenvalue weighted by atomic mass is 16.5. The second kappa shape index (κ2) is 13.3. The summed E-state index contributed by atoms with van der Waals surface area (Å²) in [5.74, 6) is 3.03. The topological polar surface area (TPSA) is 78.5 Å². The zero-order valence-corrected chi connectivity index (χ0v) is 19.6. The molecule has 0 bridgehead atoms. The van der Waals surface area contributed by atoms with Gasteiger partial charge in [0, 0.05) is 19.2 Å². The molecule has 0 heterocycles. The number of carbonyl (C=O) groups is 1. The zero-order valence-electron chi connectivity index (χ0n) is 19.6. The zero-order chi connectivity index (χ0) is 23.3. The fraction of sp³-hybridized carbons (Fsp3) is 0.458. The van der Waals surface area contributed by atoms with Gasteiger partial charge >= 0.3 is 0 Å². The number of hydrogen-bond donors (Lipinski definition) is 1. The van der Waals surface area contributed by atoms with Crippen LogP contribution in [0.2, 0.25) is 0 Å². The molecule has 0 spiro atoms. The van der Waals surface area contributed by atoms with Crippen molar-refractivity contribution < 1.29 is 28.5 Å². The van der Waals surface area contributed by atoms with Crippen molar-refractivity contribution in [2.24, 2.45) is 0 Å². The van der Waals surface area contributed by atoms with Crippen molar-refractivity contribution in [3.63, 3.8) is 0 Å². The maximum atomic E-state index is 12.0. The molecule has 0 atom stereocenters. The van der Waals surface area contributed by atoms with Crippen molar-refractivity contribution in [3.05, 3.63) is 42.0 Å². The normalized spacial score (nSPS) is 10.6. The molecule has 0 radical (unpaired) electrons. The van der Waals surface area contributed by atoms with Crippen LogP contribution >= 0.6 is 0 Å². The van der Waals surface area contributed by atoms with E-state index < -0.39 is 0 Å². The number of carbonyl (C=O) groups excluding carboxylic acids is 1. The number of nitrogens with one attached hydrogen (secondary N) is 1. The van der Waals surface area contributed by atoms with Crippen LogP contribution in [-0.2, 0) is 11.2 Å². The molecule has 1 amide bonds. The Morgan fingerprint density at radius 3 is 2.12 bits per heavy atom. The lowest BCUT2D eigenvalue weighted by Gasteiger charge is -2.17. The highest BCUT2D eigenvalue weighted by Gasteiger charge is 2.08. The van der Waals surface area contributed by atoms with Gasteiger partial charge in [0.2, 0.25) is 0 Å². The van der Waals surface area contributed by atoms with E-state index in [9.17, 15) is 4.79 Å². The standard InChI is InChI=1S/C24H34N2O6/c1-26(14-11-18-7-9-20(28-2)22(15-18)30-4)13-6-12-25-24(27)17-32-19-8-10-21(29-3)23(16-19)31-5/h7-10,15-16H,6,11-14,17H2,1-5H3,(H,25,27). The molecular formula is C24H34N2O6. The summed E-state index contributed by atoms with van der Waals surface area (Å²) in [4.78, 5) is 14.3. The van der Waals surface area contributed by atoms with Gasteiger partial charge in [-0.05, 0) is 56.3 Å². The lowest BCUT2D eigenvalue weighted by atomic mass is 10.1. The van der Waals surface area contributed by atoms with Crippen LogP contribution in [0.5, 0.6) is 28.7 Å². The van der Waals surface area contributed by atoms with Gasteiger partial charge in [0.15, 0.2) is 29.6 Å². The van der Waals surface area contributed by atoms with E-state index in [1.54, 1.807) is 46.6 Å². The minimum absolute atomic E-state index is 0.0510. The molecule has 0 saturated heterocycles. The number of benzene rings is 2. The predicted molar refractivity (Wildman–Crippen MR) is 123 cm³/mol. The van der Waals surface area contributed by atoms with Gasteiger partial charge in [-0.3, -0.25) is 4.79 Å². The van der Waals surface area contributed by atoms with Crippen LogP contribution in [0.15, 0.2) is 36.4 Å². The first-order valence-electron chi connectivity index (χ1n) is 10.5. The van der Waals surface area contributed by atoms with Gasteiger partial charge in [0.05, 0.1) is 28.4 Å². The number of ether oxygens (including phenoxy) is 5. The molecule has 32 heavy (non-hydrogen) atoms. The average Bonchev–Trinajstić information content (AvgIpc) is 2.83. The SMILES string of the molecule is COc1ccc(CCN(C)CCCNC(=O)COc2ccc(OC)c(OC)c2)cc1OC. The van der Waals surface area contributed by atoms with Crippen LogP contribution in [0.4, 0.5) is 0 Å². The van der Waals surface area contributed by atoms with E-state index in [4.69, 9.17) is 23.7 Å². The molecule has 1 N–H and O–H groups in total. The van der Waals surface area contributed by atoms with Crippen LogP contribution in [0.1, 0.15) is 12.0 Å². The Hall–Kier alpha value is -3.13. The average molecular weight is 447 g/mol. The first-order chi connectivity index (χ1) is 15.5. The second-order valence-corrected chi connectivity index (χ2v) is 7.25. The van der Waals surface area contributed by atoms with Gasteiger partial charge in [-0.2, -0.15) is 0 Å².